The van der Waals surface area contributed by atoms with Gasteiger partial charge in [0.1, 0.15) is 16.9 Å². The van der Waals surface area contributed by atoms with Gasteiger partial charge in [0.25, 0.3) is 0 Å². The van der Waals surface area contributed by atoms with Gasteiger partial charge < -0.3 is 4.74 Å². The van der Waals surface area contributed by atoms with Crippen LogP contribution in [0.25, 0.3) is 0 Å². The Bertz CT molecular complexity index is 577. The predicted octanol–water partition coefficient (Wildman–Crippen LogP) is 4.05. The van der Waals surface area contributed by atoms with Crippen LogP contribution < -0.4 is 0 Å². The van der Waals surface area contributed by atoms with Crippen molar-refractivity contribution in [2.45, 2.75) is 13.5 Å². The van der Waals surface area contributed by atoms with Crippen LogP contribution in [0.4, 0.5) is 0 Å². The number of aromatic nitrogens is 1. The number of ether oxygens (including phenoxy) is 1. The summed E-state index contributed by atoms with van der Waals surface area (Å²) in [6.45, 7) is 2.06. The largest absolute Gasteiger partial charge is 0.457 e. The number of pyridine rings is 1. The fraction of sp³-hybridized carbons (Fsp3) is 0.143. The number of hydrogen-bond acceptors (Lipinski definition) is 3. The topological polar surface area (TPSA) is 39.2 Å². The van der Waals surface area contributed by atoms with Crippen molar-refractivity contribution in [3.8, 4) is 0 Å². The second kappa shape index (κ2) is 6.04. The summed E-state index contributed by atoms with van der Waals surface area (Å²) in [5.74, 6) is -0.385. The summed E-state index contributed by atoms with van der Waals surface area (Å²) in [5.41, 5.74) is 2.30. The van der Waals surface area contributed by atoms with Gasteiger partial charge in [0.15, 0.2) is 0 Å². The van der Waals surface area contributed by atoms with Gasteiger partial charge in [-0.25, -0.2) is 9.78 Å². The maximum atomic E-state index is 11.8. The highest BCUT2D eigenvalue weighted by molar-refractivity contribution is 6.32. The van der Waals surface area contributed by atoms with E-state index in [9.17, 15) is 4.79 Å². The van der Waals surface area contributed by atoms with Gasteiger partial charge in [-0.15, -0.1) is 0 Å². The summed E-state index contributed by atoms with van der Waals surface area (Å²) in [6.07, 6.45) is 0. The lowest BCUT2D eigenvalue weighted by atomic mass is 10.1. The van der Waals surface area contributed by atoms with Crippen LogP contribution in [0.15, 0.2) is 36.4 Å². The minimum Gasteiger partial charge on any atom is -0.457 e. The molecule has 0 amide bonds. The number of nitrogens with zero attached hydrogens (tertiary/aromatic N) is 1. The number of rotatable bonds is 3. The molecule has 0 spiro atoms. The summed E-state index contributed by atoms with van der Waals surface area (Å²) >= 11 is 11.5. The summed E-state index contributed by atoms with van der Waals surface area (Å²) in [7, 11) is 0. The number of halogens is 2. The van der Waals surface area contributed by atoms with Gasteiger partial charge in [-0.1, -0.05) is 40.9 Å². The van der Waals surface area contributed by atoms with Crippen molar-refractivity contribution in [3.05, 3.63) is 63.4 Å². The van der Waals surface area contributed by atoms with Gasteiger partial charge in [-0.2, -0.15) is 0 Å². The van der Waals surface area contributed by atoms with Crippen LogP contribution in [0.5, 0.6) is 0 Å². The molecule has 19 heavy (non-hydrogen) atoms. The van der Waals surface area contributed by atoms with E-state index in [-0.39, 0.29) is 22.9 Å². The fourth-order valence-electron chi connectivity index (χ4n) is 1.52. The molecule has 0 unspecified atom stereocenters. The molecule has 2 rings (SSSR count). The lowest BCUT2D eigenvalue weighted by molar-refractivity contribution is 0.0472. The second-order valence-corrected chi connectivity index (χ2v) is 4.84. The first-order chi connectivity index (χ1) is 9.04. The Balaban J connectivity index is 2.02. The van der Waals surface area contributed by atoms with Gasteiger partial charge in [-0.05, 0) is 36.8 Å². The number of carbonyl (C=O) groups excluding carboxylic acids is 1. The van der Waals surface area contributed by atoms with Gasteiger partial charge >= 0.3 is 5.97 Å². The lowest BCUT2D eigenvalue weighted by Gasteiger charge is -2.06. The van der Waals surface area contributed by atoms with Gasteiger partial charge in [0.05, 0.1) is 5.56 Å². The maximum absolute atomic E-state index is 11.8. The average molecular weight is 296 g/mol. The minimum absolute atomic E-state index is 0.106. The number of carbonyl (C=O) groups is 1. The Morgan fingerprint density at radius 3 is 2.32 bits per heavy atom. The zero-order chi connectivity index (χ0) is 13.8. The van der Waals surface area contributed by atoms with Crippen molar-refractivity contribution in [1.82, 2.24) is 4.98 Å². The third kappa shape index (κ3) is 3.94. The standard InChI is InChI=1S/C14H11Cl2NO2/c1-9-2-4-11(5-3-9)14(18)19-8-10-6-12(15)17-13(16)7-10/h2-7H,8H2,1H3. The molecule has 0 saturated heterocycles. The third-order valence-electron chi connectivity index (χ3n) is 2.48. The van der Waals surface area contributed by atoms with Crippen molar-refractivity contribution in [3.63, 3.8) is 0 Å². The van der Waals surface area contributed by atoms with Crippen LogP contribution in [-0.4, -0.2) is 11.0 Å². The monoisotopic (exact) mass is 295 g/mol. The summed E-state index contributed by atoms with van der Waals surface area (Å²) < 4.78 is 5.18. The van der Waals surface area contributed by atoms with Gasteiger partial charge in [-0.3, -0.25) is 0 Å². The fourth-order valence-corrected chi connectivity index (χ4v) is 2.03. The molecule has 0 aliphatic heterocycles. The molecule has 5 heteroatoms. The molecule has 98 valence electrons. The smallest absolute Gasteiger partial charge is 0.338 e. The molecule has 1 aromatic heterocycles. The number of aryl methyl sites for hydroxylation is 1. The SMILES string of the molecule is Cc1ccc(C(=O)OCc2cc(Cl)nc(Cl)c2)cc1. The van der Waals surface area contributed by atoms with Gasteiger partial charge in [0.2, 0.25) is 0 Å². The highest BCUT2D eigenvalue weighted by atomic mass is 35.5. The molecule has 0 saturated carbocycles. The van der Waals surface area contributed by atoms with Crippen LogP contribution in [0.3, 0.4) is 0 Å². The molecule has 1 aromatic carbocycles. The van der Waals surface area contributed by atoms with Crippen molar-refractivity contribution < 1.29 is 9.53 Å². The molecule has 1 heterocycles. The molecule has 2 aromatic rings. The highest BCUT2D eigenvalue weighted by Gasteiger charge is 2.08. The van der Waals surface area contributed by atoms with Crippen LogP contribution in [-0.2, 0) is 11.3 Å². The molecule has 0 fully saturated rings. The molecule has 0 N–H and O–H groups in total. The predicted molar refractivity (Wildman–Crippen MR) is 74.6 cm³/mol. The lowest BCUT2D eigenvalue weighted by Crippen LogP contribution is -2.05. The normalized spacial score (nSPS) is 10.3. The summed E-state index contributed by atoms with van der Waals surface area (Å²) in [4.78, 5) is 15.6. The van der Waals surface area contributed by atoms with E-state index in [4.69, 9.17) is 27.9 Å². The van der Waals surface area contributed by atoms with Crippen LogP contribution in [0.1, 0.15) is 21.5 Å². The van der Waals surface area contributed by atoms with Crippen LogP contribution in [0, 0.1) is 6.92 Å². The van der Waals surface area contributed by atoms with E-state index >= 15 is 0 Å². The Kier molecular flexibility index (Phi) is 4.40. The van der Waals surface area contributed by atoms with E-state index in [0.717, 1.165) is 5.56 Å². The van der Waals surface area contributed by atoms with Crippen molar-refractivity contribution in [2.75, 3.05) is 0 Å². The van der Waals surface area contributed by atoms with Crippen LogP contribution in [0.2, 0.25) is 10.3 Å². The van der Waals surface area contributed by atoms with Crippen molar-refractivity contribution >= 4 is 29.2 Å². The number of hydrogen-bond donors (Lipinski definition) is 0. The minimum atomic E-state index is -0.385. The first kappa shape index (κ1) is 13.8. The molecular weight excluding hydrogens is 285 g/mol. The van der Waals surface area contributed by atoms with E-state index in [1.165, 1.54) is 0 Å². The first-order valence-electron chi connectivity index (χ1n) is 5.60. The van der Waals surface area contributed by atoms with Crippen molar-refractivity contribution in [2.24, 2.45) is 0 Å². The second-order valence-electron chi connectivity index (χ2n) is 4.06. The van der Waals surface area contributed by atoms with E-state index in [1.54, 1.807) is 24.3 Å². The number of benzene rings is 1. The first-order valence-corrected chi connectivity index (χ1v) is 6.36. The highest BCUT2D eigenvalue weighted by Crippen LogP contribution is 2.16. The molecule has 0 radical (unpaired) electrons. The van der Waals surface area contributed by atoms with Gasteiger partial charge in [0, 0.05) is 0 Å². The Labute approximate surface area is 121 Å². The van der Waals surface area contributed by atoms with E-state index < -0.39 is 0 Å². The Hall–Kier alpha value is -1.58. The summed E-state index contributed by atoms with van der Waals surface area (Å²) in [6, 6.07) is 10.4. The van der Waals surface area contributed by atoms with Crippen molar-refractivity contribution in [1.29, 1.82) is 0 Å². The third-order valence-corrected chi connectivity index (χ3v) is 2.87. The maximum Gasteiger partial charge on any atom is 0.338 e. The molecule has 0 atom stereocenters. The Morgan fingerprint density at radius 2 is 1.74 bits per heavy atom. The average Bonchev–Trinajstić information content (AvgIpc) is 2.36. The zero-order valence-corrected chi connectivity index (χ0v) is 11.7. The molecule has 3 nitrogen and oxygen atoms in total. The number of esters is 1. The molecule has 0 aliphatic carbocycles. The van der Waals surface area contributed by atoms with Crippen LogP contribution >= 0.6 is 23.2 Å². The quantitative estimate of drug-likeness (QED) is 0.633. The van der Waals surface area contributed by atoms with E-state index in [0.29, 0.717) is 11.1 Å². The zero-order valence-electron chi connectivity index (χ0n) is 10.2. The molecule has 0 aliphatic rings. The molecule has 0 bridgehead atoms. The Morgan fingerprint density at radius 1 is 1.16 bits per heavy atom. The van der Waals surface area contributed by atoms with E-state index in [1.807, 2.05) is 19.1 Å². The molecular formula is C14H11Cl2NO2. The van der Waals surface area contributed by atoms with E-state index in [2.05, 4.69) is 4.98 Å². The summed E-state index contributed by atoms with van der Waals surface area (Å²) in [5, 5.41) is 0.544.